The normalized spacial score (nSPS) is 14.5. The summed E-state index contributed by atoms with van der Waals surface area (Å²) < 4.78 is 23.2. The second-order valence-electron chi connectivity index (χ2n) is 4.60. The van der Waals surface area contributed by atoms with Gasteiger partial charge in [0.1, 0.15) is 0 Å². The second-order valence-corrected chi connectivity index (χ2v) is 6.51. The molecule has 2 aromatic rings. The van der Waals surface area contributed by atoms with Crippen LogP contribution in [-0.2, 0) is 16.4 Å². The second kappa shape index (κ2) is 4.81. The van der Waals surface area contributed by atoms with E-state index in [0.717, 1.165) is 6.26 Å². The third kappa shape index (κ3) is 2.45. The molecule has 0 atom stereocenters. The number of fused-ring (bicyclic) bond motifs is 1. The number of aromatic nitrogens is 2. The van der Waals surface area contributed by atoms with Gasteiger partial charge in [0.25, 0.3) is 0 Å². The van der Waals surface area contributed by atoms with Crippen LogP contribution in [0.3, 0.4) is 0 Å². The lowest BCUT2D eigenvalue weighted by atomic mass is 10.2. The Bertz CT molecular complexity index is 805. The van der Waals surface area contributed by atoms with E-state index < -0.39 is 9.84 Å². The smallest absolute Gasteiger partial charge is 0.327 e. The Balaban J connectivity index is 2.19. The van der Waals surface area contributed by atoms with Crippen molar-refractivity contribution in [2.75, 3.05) is 11.2 Å². The number of nitrogens with one attached hydrogen (secondary N) is 1. The van der Waals surface area contributed by atoms with Crippen LogP contribution in [0.2, 0.25) is 0 Å². The summed E-state index contributed by atoms with van der Waals surface area (Å²) in [6.45, 7) is 0.265. The van der Waals surface area contributed by atoms with E-state index in [1.165, 1.54) is 11.1 Å². The Morgan fingerprint density at radius 3 is 2.62 bits per heavy atom. The molecule has 1 N–H and O–H groups in total. The van der Waals surface area contributed by atoms with Gasteiger partial charge in [-0.3, -0.25) is 0 Å². The van der Waals surface area contributed by atoms with Crippen LogP contribution < -0.4 is 10.2 Å². The van der Waals surface area contributed by atoms with Gasteiger partial charge in [0, 0.05) is 24.6 Å². The van der Waals surface area contributed by atoms with Gasteiger partial charge in [0.05, 0.1) is 5.69 Å². The number of benzene rings is 1. The number of hydrogen-bond donors (Lipinski definition) is 1. The van der Waals surface area contributed by atoms with E-state index in [1.54, 1.807) is 24.3 Å². The zero-order valence-electron chi connectivity index (χ0n) is 11.1. The topological polar surface area (TPSA) is 92.3 Å². The summed E-state index contributed by atoms with van der Waals surface area (Å²) in [4.78, 5) is 21.4. The molecule has 21 heavy (non-hydrogen) atoms. The molecule has 108 valence electrons. The maximum absolute atomic E-state index is 12.1. The first-order chi connectivity index (χ1) is 9.97. The van der Waals surface area contributed by atoms with Crippen LogP contribution in [0.15, 0.2) is 41.7 Å². The van der Waals surface area contributed by atoms with Crippen molar-refractivity contribution in [3.63, 3.8) is 0 Å². The van der Waals surface area contributed by atoms with Gasteiger partial charge in [-0.2, -0.15) is 4.98 Å². The molecular weight excluding hydrogens is 292 g/mol. The molecule has 1 aromatic carbocycles. The van der Waals surface area contributed by atoms with Gasteiger partial charge in [-0.15, -0.1) is 0 Å². The molecule has 0 saturated heterocycles. The molecule has 0 fully saturated rings. The number of anilines is 2. The van der Waals surface area contributed by atoms with Crippen LogP contribution in [-0.4, -0.2) is 30.7 Å². The van der Waals surface area contributed by atoms with Crippen molar-refractivity contribution in [3.8, 4) is 0 Å². The lowest BCUT2D eigenvalue weighted by Gasteiger charge is -2.28. The molecule has 0 aliphatic carbocycles. The third-order valence-electron chi connectivity index (χ3n) is 3.01. The summed E-state index contributed by atoms with van der Waals surface area (Å²) in [5, 5.41) is 2.41. The summed E-state index contributed by atoms with van der Waals surface area (Å²) in [5.41, 5.74) is 1.26. The fraction of sp³-hybridized carbons (Fsp3) is 0.154. The quantitative estimate of drug-likeness (QED) is 0.843. The Morgan fingerprint density at radius 1 is 1.24 bits per heavy atom. The average molecular weight is 304 g/mol. The molecule has 0 radical (unpaired) electrons. The molecule has 3 rings (SSSR count). The van der Waals surface area contributed by atoms with Crippen LogP contribution >= 0.6 is 0 Å². The molecule has 1 aromatic heterocycles. The number of rotatable bonds is 2. The van der Waals surface area contributed by atoms with E-state index in [0.29, 0.717) is 17.1 Å². The summed E-state index contributed by atoms with van der Waals surface area (Å²) >= 11 is 0. The molecule has 0 bridgehead atoms. The SMILES string of the molecule is CS(=O)(=O)c1ncc2c(n1)N(c1ccccc1)C(=O)NC2. The lowest BCUT2D eigenvalue weighted by molar-refractivity contribution is 0.246. The van der Waals surface area contributed by atoms with Crippen LogP contribution in [0.5, 0.6) is 0 Å². The molecule has 2 heterocycles. The van der Waals surface area contributed by atoms with Crippen molar-refractivity contribution >= 4 is 27.4 Å². The predicted octanol–water partition coefficient (Wildman–Crippen LogP) is 1.24. The van der Waals surface area contributed by atoms with Crippen LogP contribution in [0.25, 0.3) is 0 Å². The molecule has 0 spiro atoms. The fourth-order valence-electron chi connectivity index (χ4n) is 2.04. The number of carbonyl (C=O) groups excluding carboxylic acids is 1. The molecular formula is C13H12N4O3S. The average Bonchev–Trinajstić information content (AvgIpc) is 2.46. The Labute approximate surface area is 121 Å². The van der Waals surface area contributed by atoms with E-state index in [9.17, 15) is 13.2 Å². The van der Waals surface area contributed by atoms with Gasteiger partial charge in [0.15, 0.2) is 5.82 Å². The monoisotopic (exact) mass is 304 g/mol. The summed E-state index contributed by atoms with van der Waals surface area (Å²) in [5.74, 6) is 0.292. The highest BCUT2D eigenvalue weighted by Crippen LogP contribution is 2.29. The minimum atomic E-state index is -3.54. The van der Waals surface area contributed by atoms with Gasteiger partial charge in [0.2, 0.25) is 15.0 Å². The number of para-hydroxylation sites is 1. The first kappa shape index (κ1) is 13.5. The Hall–Kier alpha value is -2.48. The zero-order valence-corrected chi connectivity index (χ0v) is 12.0. The number of hydrogen-bond acceptors (Lipinski definition) is 5. The molecule has 1 aliphatic heterocycles. The maximum Gasteiger partial charge on any atom is 0.327 e. The van der Waals surface area contributed by atoms with Crippen LogP contribution in [0.1, 0.15) is 5.56 Å². The van der Waals surface area contributed by atoms with Crippen LogP contribution in [0, 0.1) is 0 Å². The number of amides is 2. The minimum absolute atomic E-state index is 0.265. The van der Waals surface area contributed by atoms with E-state index in [-0.39, 0.29) is 17.7 Å². The fourth-order valence-corrected chi connectivity index (χ4v) is 2.54. The lowest BCUT2D eigenvalue weighted by Crippen LogP contribution is -2.42. The van der Waals surface area contributed by atoms with Crippen molar-refractivity contribution in [1.82, 2.24) is 15.3 Å². The number of sulfone groups is 1. The summed E-state index contributed by atoms with van der Waals surface area (Å²) in [7, 11) is -3.54. The third-order valence-corrected chi connectivity index (χ3v) is 3.87. The van der Waals surface area contributed by atoms with Crippen molar-refractivity contribution in [2.24, 2.45) is 0 Å². The Morgan fingerprint density at radius 2 is 1.95 bits per heavy atom. The Kier molecular flexibility index (Phi) is 3.09. The molecule has 2 amide bonds. The van der Waals surface area contributed by atoms with Crippen molar-refractivity contribution in [1.29, 1.82) is 0 Å². The molecule has 7 nitrogen and oxygen atoms in total. The number of nitrogens with zero attached hydrogens (tertiary/aromatic N) is 3. The van der Waals surface area contributed by atoms with Gasteiger partial charge in [-0.25, -0.2) is 23.1 Å². The summed E-state index contributed by atoms with van der Waals surface area (Å²) in [6.07, 6.45) is 2.46. The van der Waals surface area contributed by atoms with Crippen LogP contribution in [0.4, 0.5) is 16.3 Å². The zero-order chi connectivity index (χ0) is 15.0. The van der Waals surface area contributed by atoms with Gasteiger partial charge in [-0.05, 0) is 12.1 Å². The number of urea groups is 1. The highest BCUT2D eigenvalue weighted by molar-refractivity contribution is 7.90. The first-order valence-corrected chi connectivity index (χ1v) is 8.05. The first-order valence-electron chi connectivity index (χ1n) is 6.16. The van der Waals surface area contributed by atoms with Gasteiger partial charge < -0.3 is 5.32 Å². The van der Waals surface area contributed by atoms with E-state index in [2.05, 4.69) is 15.3 Å². The van der Waals surface area contributed by atoms with Gasteiger partial charge >= 0.3 is 6.03 Å². The van der Waals surface area contributed by atoms with E-state index in [1.807, 2.05) is 6.07 Å². The number of carbonyl (C=O) groups is 1. The van der Waals surface area contributed by atoms with E-state index >= 15 is 0 Å². The minimum Gasteiger partial charge on any atom is -0.333 e. The van der Waals surface area contributed by atoms with Gasteiger partial charge in [-0.1, -0.05) is 18.2 Å². The maximum atomic E-state index is 12.1. The van der Waals surface area contributed by atoms with Crippen molar-refractivity contribution in [2.45, 2.75) is 11.7 Å². The standard InChI is InChI=1S/C13H12N4O3S/c1-21(19,20)12-14-7-9-8-15-13(18)17(11(9)16-12)10-5-3-2-4-6-10/h2-7H,8H2,1H3,(H,15,18). The molecule has 0 saturated carbocycles. The molecule has 8 heteroatoms. The highest BCUT2D eigenvalue weighted by atomic mass is 32.2. The van der Waals surface area contributed by atoms with Crippen molar-refractivity contribution < 1.29 is 13.2 Å². The largest absolute Gasteiger partial charge is 0.333 e. The van der Waals surface area contributed by atoms with E-state index in [4.69, 9.17) is 0 Å². The molecule has 0 unspecified atom stereocenters. The predicted molar refractivity (Wildman–Crippen MR) is 76.0 cm³/mol. The highest BCUT2D eigenvalue weighted by Gasteiger charge is 2.28. The molecule has 1 aliphatic rings. The van der Waals surface area contributed by atoms with Crippen molar-refractivity contribution in [3.05, 3.63) is 42.1 Å². The summed E-state index contributed by atoms with van der Waals surface area (Å²) in [6, 6.07) is 8.54.